The molecule has 212 valence electrons. The van der Waals surface area contributed by atoms with Gasteiger partial charge in [-0.3, -0.25) is 14.2 Å². The molecule has 0 fully saturated rings. The molecule has 0 saturated carbocycles. The summed E-state index contributed by atoms with van der Waals surface area (Å²) < 4.78 is 13.1. The zero-order valence-electron chi connectivity index (χ0n) is 23.2. The minimum atomic E-state index is -0.833. The summed E-state index contributed by atoms with van der Waals surface area (Å²) in [4.78, 5) is 40.7. The number of hydrogen-bond donors (Lipinski definition) is 1. The summed E-state index contributed by atoms with van der Waals surface area (Å²) in [6.07, 6.45) is 1.69. The number of nitrogens with zero attached hydrogens (tertiary/aromatic N) is 2. The fourth-order valence-corrected chi connectivity index (χ4v) is 5.69. The van der Waals surface area contributed by atoms with Gasteiger partial charge >= 0.3 is 5.97 Å². The van der Waals surface area contributed by atoms with Crippen molar-refractivity contribution in [2.24, 2.45) is 4.99 Å². The normalized spacial score (nSPS) is 14.7. The minimum absolute atomic E-state index is 0.258. The molecule has 5 rings (SSSR count). The summed E-state index contributed by atoms with van der Waals surface area (Å²) in [5.74, 6) is 0.139. The fourth-order valence-electron chi connectivity index (χ4n) is 4.44. The van der Waals surface area contributed by atoms with Crippen LogP contribution in [0.1, 0.15) is 56.5 Å². The minimum Gasteiger partial charge on any atom is -0.481 e. The Hall–Kier alpha value is -4.21. The van der Waals surface area contributed by atoms with Gasteiger partial charge < -0.3 is 14.3 Å². The van der Waals surface area contributed by atoms with Crippen molar-refractivity contribution in [3.05, 3.63) is 114 Å². The van der Waals surface area contributed by atoms with Crippen LogP contribution in [0.3, 0.4) is 0 Å². The van der Waals surface area contributed by atoms with E-state index >= 15 is 0 Å². The second-order valence-electron chi connectivity index (χ2n) is 9.60. The SMILES string of the molecule is CC(=O)O.COC(=O)C1=C(C)N=c2sc(=Cc3ccc(-c4ccccc4Cl)o3)c(=O)n2C1c1ccc(C(C)C)cc1. The number of carboxylic acids is 1. The van der Waals surface area contributed by atoms with E-state index < -0.39 is 18.0 Å². The highest BCUT2D eigenvalue weighted by Crippen LogP contribution is 2.32. The van der Waals surface area contributed by atoms with Crippen LogP contribution in [-0.2, 0) is 14.3 Å². The maximum atomic E-state index is 13.7. The van der Waals surface area contributed by atoms with Crippen LogP contribution in [0.15, 0.2) is 86.1 Å². The van der Waals surface area contributed by atoms with E-state index in [2.05, 4.69) is 18.8 Å². The number of thiazole rings is 1. The first-order valence-corrected chi connectivity index (χ1v) is 14.0. The number of aromatic nitrogens is 1. The van der Waals surface area contributed by atoms with Crippen LogP contribution in [0.2, 0.25) is 5.02 Å². The van der Waals surface area contributed by atoms with Crippen molar-refractivity contribution in [3.8, 4) is 11.3 Å². The van der Waals surface area contributed by atoms with Gasteiger partial charge in [0.05, 0.1) is 34.0 Å². The predicted molar refractivity (Wildman–Crippen MR) is 159 cm³/mol. The number of carbonyl (C=O) groups is 2. The molecule has 2 aromatic carbocycles. The fraction of sp³-hybridized carbons (Fsp3) is 0.226. The van der Waals surface area contributed by atoms with Crippen LogP contribution >= 0.6 is 22.9 Å². The highest BCUT2D eigenvalue weighted by Gasteiger charge is 2.33. The number of fused-ring (bicyclic) bond motifs is 1. The molecule has 0 saturated heterocycles. The molecule has 0 spiro atoms. The van der Waals surface area contributed by atoms with E-state index in [1.165, 1.54) is 24.0 Å². The first-order valence-electron chi connectivity index (χ1n) is 12.8. The molecule has 0 amide bonds. The molecule has 1 N–H and O–H groups in total. The Morgan fingerprint density at radius 1 is 1.12 bits per heavy atom. The van der Waals surface area contributed by atoms with Gasteiger partial charge in [0.25, 0.3) is 11.5 Å². The van der Waals surface area contributed by atoms with Gasteiger partial charge in [0.15, 0.2) is 4.80 Å². The quantitative estimate of drug-likeness (QED) is 0.305. The zero-order valence-corrected chi connectivity index (χ0v) is 24.7. The lowest BCUT2D eigenvalue weighted by Gasteiger charge is -2.24. The molecule has 1 unspecified atom stereocenters. The molecular formula is C31H29ClN2O6S. The van der Waals surface area contributed by atoms with E-state index in [4.69, 9.17) is 30.7 Å². The molecule has 4 aromatic rings. The van der Waals surface area contributed by atoms with E-state index in [1.807, 2.05) is 48.5 Å². The van der Waals surface area contributed by atoms with Crippen LogP contribution in [-0.4, -0.2) is 28.7 Å². The highest BCUT2D eigenvalue weighted by molar-refractivity contribution is 7.07. The first kappa shape index (κ1) is 29.8. The number of halogens is 1. The van der Waals surface area contributed by atoms with Crippen molar-refractivity contribution < 1.29 is 23.8 Å². The molecule has 1 aliphatic rings. The zero-order chi connectivity index (χ0) is 29.8. The average molecular weight is 593 g/mol. The van der Waals surface area contributed by atoms with Gasteiger partial charge in [-0.2, -0.15) is 0 Å². The van der Waals surface area contributed by atoms with E-state index in [0.717, 1.165) is 18.1 Å². The second-order valence-corrected chi connectivity index (χ2v) is 11.0. The summed E-state index contributed by atoms with van der Waals surface area (Å²) in [6, 6.07) is 18.4. The Kier molecular flexibility index (Phi) is 9.10. The van der Waals surface area contributed by atoms with E-state index in [-0.39, 0.29) is 5.56 Å². The molecule has 8 nitrogen and oxygen atoms in total. The van der Waals surface area contributed by atoms with Gasteiger partial charge in [0.1, 0.15) is 11.5 Å². The third kappa shape index (κ3) is 6.42. The Morgan fingerprint density at radius 2 is 1.78 bits per heavy atom. The molecular weight excluding hydrogens is 564 g/mol. The number of carbonyl (C=O) groups excluding carboxylic acids is 1. The summed E-state index contributed by atoms with van der Waals surface area (Å²) in [6.45, 7) is 7.09. The lowest BCUT2D eigenvalue weighted by Crippen LogP contribution is -2.39. The van der Waals surface area contributed by atoms with Crippen LogP contribution in [0, 0.1) is 0 Å². The van der Waals surface area contributed by atoms with Gasteiger partial charge in [0.2, 0.25) is 0 Å². The molecule has 0 bridgehead atoms. The first-order chi connectivity index (χ1) is 19.5. The molecule has 1 atom stereocenters. The number of rotatable bonds is 5. The van der Waals surface area contributed by atoms with Crippen molar-refractivity contribution in [2.45, 2.75) is 39.7 Å². The van der Waals surface area contributed by atoms with Gasteiger partial charge in [0, 0.05) is 18.6 Å². The Balaban J connectivity index is 0.000000909. The highest BCUT2D eigenvalue weighted by atomic mass is 35.5. The predicted octanol–water partition coefficient (Wildman–Crippen LogP) is 5.54. The number of carboxylic acid groups (broad SMARTS) is 1. The molecule has 1 aliphatic heterocycles. The maximum Gasteiger partial charge on any atom is 0.338 e. The van der Waals surface area contributed by atoms with E-state index in [9.17, 15) is 9.59 Å². The van der Waals surface area contributed by atoms with Gasteiger partial charge in [-0.25, -0.2) is 9.79 Å². The molecule has 0 radical (unpaired) electrons. The lowest BCUT2D eigenvalue weighted by atomic mass is 9.93. The number of benzene rings is 2. The monoisotopic (exact) mass is 592 g/mol. The number of furan rings is 1. The summed E-state index contributed by atoms with van der Waals surface area (Å²) in [5, 5.41) is 8.00. The van der Waals surface area contributed by atoms with Crippen LogP contribution in [0.4, 0.5) is 0 Å². The lowest BCUT2D eigenvalue weighted by molar-refractivity contribution is -0.137. The van der Waals surface area contributed by atoms with Gasteiger partial charge in [-0.1, -0.05) is 73.2 Å². The van der Waals surface area contributed by atoms with Crippen molar-refractivity contribution in [1.29, 1.82) is 0 Å². The third-order valence-corrected chi connectivity index (χ3v) is 7.70. The van der Waals surface area contributed by atoms with E-state index in [1.54, 1.807) is 29.7 Å². The third-order valence-electron chi connectivity index (χ3n) is 6.39. The molecule has 10 heteroatoms. The molecule has 41 heavy (non-hydrogen) atoms. The molecule has 2 aromatic heterocycles. The number of hydrogen-bond acceptors (Lipinski definition) is 7. The number of aliphatic carboxylic acids is 1. The molecule has 0 aliphatic carbocycles. The van der Waals surface area contributed by atoms with Crippen LogP contribution < -0.4 is 14.9 Å². The van der Waals surface area contributed by atoms with Gasteiger partial charge in [-0.15, -0.1) is 0 Å². The van der Waals surface area contributed by atoms with Crippen molar-refractivity contribution >= 4 is 41.0 Å². The van der Waals surface area contributed by atoms with Crippen molar-refractivity contribution in [1.82, 2.24) is 4.57 Å². The second kappa shape index (κ2) is 12.5. The van der Waals surface area contributed by atoms with Crippen molar-refractivity contribution in [2.75, 3.05) is 7.11 Å². The summed E-state index contributed by atoms with van der Waals surface area (Å²) >= 11 is 7.56. The van der Waals surface area contributed by atoms with E-state index in [0.29, 0.717) is 43.1 Å². The number of esters is 1. The number of methoxy groups -OCH3 is 1. The number of allylic oxidation sites excluding steroid dienone is 1. The summed E-state index contributed by atoms with van der Waals surface area (Å²) in [7, 11) is 1.33. The average Bonchev–Trinajstić information content (AvgIpc) is 3.51. The Morgan fingerprint density at radius 3 is 2.39 bits per heavy atom. The van der Waals surface area contributed by atoms with Crippen molar-refractivity contribution in [3.63, 3.8) is 0 Å². The summed E-state index contributed by atoms with van der Waals surface area (Å²) in [5.41, 5.74) is 3.36. The maximum absolute atomic E-state index is 13.7. The Bertz CT molecular complexity index is 1810. The standard InChI is InChI=1S/C29H25ClN2O4S.C2H4O2/c1-16(2)18-9-11-19(12-10-18)26-25(28(34)35-4)17(3)31-29-32(26)27(33)24(37-29)15-20-13-14-23(36-20)21-7-5-6-8-22(21)30;1-2(3)4/h5-16,26H,1-4H3;1H3,(H,3,4). The topological polar surface area (TPSA) is 111 Å². The van der Waals surface area contributed by atoms with Crippen LogP contribution in [0.5, 0.6) is 0 Å². The van der Waals surface area contributed by atoms with Gasteiger partial charge in [-0.05, 0) is 48.2 Å². The number of ether oxygens (including phenoxy) is 1. The van der Waals surface area contributed by atoms with Crippen LogP contribution in [0.25, 0.3) is 17.4 Å². The smallest absolute Gasteiger partial charge is 0.338 e. The Labute approximate surface area is 245 Å². The molecule has 3 heterocycles. The largest absolute Gasteiger partial charge is 0.481 e.